The maximum Gasteiger partial charge on any atom is 0.408 e. The Morgan fingerprint density at radius 1 is 1.00 bits per heavy atom. The number of aromatic hydroxyl groups is 2. The topological polar surface area (TPSA) is 128 Å². The van der Waals surface area contributed by atoms with Crippen molar-refractivity contribution in [3.8, 4) is 11.5 Å². The summed E-state index contributed by atoms with van der Waals surface area (Å²) in [5, 5.41) is 25.6. The third kappa shape index (κ3) is 9.33. The lowest BCUT2D eigenvalue weighted by atomic mass is 10.00. The number of carbonyl (C=O) groups is 3. The average Bonchev–Trinajstić information content (AvgIpc) is 2.82. The number of unbranched alkanes of at least 4 members (excludes halogenated alkanes) is 2. The van der Waals surface area contributed by atoms with Crippen LogP contribution in [0.2, 0.25) is 0 Å². The number of amides is 3. The van der Waals surface area contributed by atoms with E-state index in [1.807, 2.05) is 0 Å². The molecule has 0 aliphatic heterocycles. The van der Waals surface area contributed by atoms with Crippen molar-refractivity contribution in [3.05, 3.63) is 59.7 Å². The molecule has 0 aliphatic carbocycles. The predicted molar refractivity (Wildman–Crippen MR) is 141 cm³/mol. The van der Waals surface area contributed by atoms with Gasteiger partial charge in [-0.05, 0) is 51.0 Å². The van der Waals surface area contributed by atoms with Gasteiger partial charge < -0.3 is 30.5 Å². The molecule has 2 atom stereocenters. The minimum absolute atomic E-state index is 0.0724. The number of nitrogens with zero attached hydrogens (tertiary/aromatic N) is 1. The highest BCUT2D eigenvalue weighted by Gasteiger charge is 2.35. The Hall–Kier alpha value is -3.75. The summed E-state index contributed by atoms with van der Waals surface area (Å²) < 4.78 is 5.36. The van der Waals surface area contributed by atoms with Gasteiger partial charge in [0.05, 0.1) is 0 Å². The molecule has 2 rings (SSSR count). The molecule has 0 bridgehead atoms. The SMILES string of the molecule is CCCCCNC(=O)C(c1ccccc1O)N(C)C(=O)C(Cc1ccc(O)cc1)NC(=O)OC(C)(C)C. The summed E-state index contributed by atoms with van der Waals surface area (Å²) in [4.78, 5) is 40.9. The molecule has 3 amide bonds. The zero-order chi connectivity index (χ0) is 27.6. The fourth-order valence-electron chi connectivity index (χ4n) is 3.82. The Kier molecular flexibility index (Phi) is 10.8. The first-order valence-electron chi connectivity index (χ1n) is 12.5. The number of hydrogen-bond acceptors (Lipinski definition) is 6. The van der Waals surface area contributed by atoms with E-state index in [-0.39, 0.29) is 23.5 Å². The number of ether oxygens (including phenoxy) is 1. The number of para-hydroxylation sites is 1. The lowest BCUT2D eigenvalue weighted by Gasteiger charge is -2.32. The highest BCUT2D eigenvalue weighted by Crippen LogP contribution is 2.29. The summed E-state index contributed by atoms with van der Waals surface area (Å²) >= 11 is 0. The molecule has 0 fully saturated rings. The monoisotopic (exact) mass is 513 g/mol. The molecule has 2 unspecified atom stereocenters. The van der Waals surface area contributed by atoms with Gasteiger partial charge in [0.2, 0.25) is 11.8 Å². The standard InChI is InChI=1S/C28H39N3O6/c1-6-7-10-17-29-25(34)24(21-11-8-9-12-23(21)33)31(5)26(35)22(30-27(36)37-28(2,3)4)18-19-13-15-20(32)16-14-19/h8-9,11-16,22,24,32-33H,6-7,10,17-18H2,1-5H3,(H,29,34)(H,30,36). The van der Waals surface area contributed by atoms with Crippen LogP contribution in [0.15, 0.2) is 48.5 Å². The van der Waals surface area contributed by atoms with Crippen LogP contribution in [-0.2, 0) is 20.7 Å². The maximum atomic E-state index is 13.8. The Balaban J connectivity index is 2.37. The molecule has 9 heteroatoms. The van der Waals surface area contributed by atoms with Crippen molar-refractivity contribution in [1.82, 2.24) is 15.5 Å². The molecular weight excluding hydrogens is 474 g/mol. The van der Waals surface area contributed by atoms with E-state index in [1.165, 1.54) is 30.1 Å². The molecular formula is C28H39N3O6. The Morgan fingerprint density at radius 2 is 1.65 bits per heavy atom. The molecule has 202 valence electrons. The molecule has 0 spiro atoms. The van der Waals surface area contributed by atoms with Gasteiger partial charge in [0, 0.05) is 25.6 Å². The van der Waals surface area contributed by atoms with Crippen LogP contribution in [0.25, 0.3) is 0 Å². The zero-order valence-electron chi connectivity index (χ0n) is 22.3. The van der Waals surface area contributed by atoms with E-state index in [0.29, 0.717) is 12.1 Å². The second kappa shape index (κ2) is 13.5. The van der Waals surface area contributed by atoms with Crippen LogP contribution in [0.4, 0.5) is 4.79 Å². The lowest BCUT2D eigenvalue weighted by molar-refractivity contribution is -0.140. The van der Waals surface area contributed by atoms with Crippen molar-refractivity contribution in [1.29, 1.82) is 0 Å². The van der Waals surface area contributed by atoms with Crippen LogP contribution < -0.4 is 10.6 Å². The Bertz CT molecular complexity index is 1050. The van der Waals surface area contributed by atoms with Gasteiger partial charge >= 0.3 is 6.09 Å². The lowest BCUT2D eigenvalue weighted by Crippen LogP contribution is -2.52. The number of phenols is 2. The van der Waals surface area contributed by atoms with Crippen molar-refractivity contribution in [2.24, 2.45) is 0 Å². The first kappa shape index (κ1) is 29.5. The summed E-state index contributed by atoms with van der Waals surface area (Å²) in [5.74, 6) is -1.03. The third-order valence-corrected chi connectivity index (χ3v) is 5.66. The number of phenolic OH excluding ortho intramolecular Hbond substituents is 2. The van der Waals surface area contributed by atoms with E-state index >= 15 is 0 Å². The van der Waals surface area contributed by atoms with Gasteiger partial charge in [-0.3, -0.25) is 9.59 Å². The third-order valence-electron chi connectivity index (χ3n) is 5.66. The second-order valence-corrected chi connectivity index (χ2v) is 9.98. The van der Waals surface area contributed by atoms with E-state index in [2.05, 4.69) is 17.6 Å². The van der Waals surface area contributed by atoms with Crippen LogP contribution >= 0.6 is 0 Å². The number of rotatable bonds is 11. The van der Waals surface area contributed by atoms with Crippen molar-refractivity contribution in [2.45, 2.75) is 71.1 Å². The van der Waals surface area contributed by atoms with Crippen molar-refractivity contribution in [2.75, 3.05) is 13.6 Å². The van der Waals surface area contributed by atoms with Gasteiger partial charge in [-0.2, -0.15) is 0 Å². The van der Waals surface area contributed by atoms with Gasteiger partial charge in [-0.15, -0.1) is 0 Å². The van der Waals surface area contributed by atoms with Crippen molar-refractivity contribution >= 4 is 17.9 Å². The van der Waals surface area contributed by atoms with E-state index in [4.69, 9.17) is 4.74 Å². The number of benzene rings is 2. The quantitative estimate of drug-likeness (QED) is 0.336. The molecule has 0 saturated heterocycles. The van der Waals surface area contributed by atoms with E-state index in [0.717, 1.165) is 19.3 Å². The Labute approximate surface area is 218 Å². The van der Waals surface area contributed by atoms with E-state index in [9.17, 15) is 24.6 Å². The highest BCUT2D eigenvalue weighted by molar-refractivity contribution is 5.92. The zero-order valence-corrected chi connectivity index (χ0v) is 22.3. The number of carbonyl (C=O) groups excluding carboxylic acids is 3. The van der Waals surface area contributed by atoms with Crippen LogP contribution in [0.3, 0.4) is 0 Å². The summed E-state index contributed by atoms with van der Waals surface area (Å²) in [7, 11) is 1.46. The van der Waals surface area contributed by atoms with Gasteiger partial charge in [0.25, 0.3) is 0 Å². The number of likely N-dealkylation sites (N-methyl/N-ethyl adjacent to an activating group) is 1. The van der Waals surface area contributed by atoms with Gasteiger partial charge in [-0.25, -0.2) is 4.79 Å². The number of nitrogens with one attached hydrogen (secondary N) is 2. The highest BCUT2D eigenvalue weighted by atomic mass is 16.6. The van der Waals surface area contributed by atoms with Crippen LogP contribution in [0, 0.1) is 0 Å². The smallest absolute Gasteiger partial charge is 0.408 e. The summed E-state index contributed by atoms with van der Waals surface area (Å²) in [6.45, 7) is 7.64. The molecule has 0 aliphatic rings. The second-order valence-electron chi connectivity index (χ2n) is 9.98. The number of hydrogen-bond donors (Lipinski definition) is 4. The molecule has 2 aromatic rings. The van der Waals surface area contributed by atoms with Crippen LogP contribution in [0.1, 0.15) is 64.1 Å². The molecule has 0 radical (unpaired) electrons. The van der Waals surface area contributed by atoms with E-state index < -0.39 is 35.6 Å². The molecule has 0 saturated carbocycles. The molecule has 2 aromatic carbocycles. The maximum absolute atomic E-state index is 13.8. The molecule has 4 N–H and O–H groups in total. The average molecular weight is 514 g/mol. The van der Waals surface area contributed by atoms with Crippen molar-refractivity contribution < 1.29 is 29.3 Å². The number of alkyl carbamates (subject to hydrolysis) is 1. The first-order valence-corrected chi connectivity index (χ1v) is 12.5. The van der Waals surface area contributed by atoms with Crippen molar-refractivity contribution in [3.63, 3.8) is 0 Å². The fourth-order valence-corrected chi connectivity index (χ4v) is 3.82. The fraction of sp³-hybridized carbons (Fsp3) is 0.464. The molecule has 9 nitrogen and oxygen atoms in total. The largest absolute Gasteiger partial charge is 0.508 e. The molecule has 0 heterocycles. The van der Waals surface area contributed by atoms with Gasteiger partial charge in [0.1, 0.15) is 29.2 Å². The predicted octanol–water partition coefficient (Wildman–Crippen LogP) is 4.04. The molecule has 0 aromatic heterocycles. The first-order chi connectivity index (χ1) is 17.4. The van der Waals surface area contributed by atoms with Crippen LogP contribution in [0.5, 0.6) is 11.5 Å². The van der Waals surface area contributed by atoms with E-state index in [1.54, 1.807) is 51.1 Å². The Morgan fingerprint density at radius 3 is 2.24 bits per heavy atom. The summed E-state index contributed by atoms with van der Waals surface area (Å²) in [6.07, 6.45) is 2.05. The van der Waals surface area contributed by atoms with Gasteiger partial charge in [-0.1, -0.05) is 50.1 Å². The van der Waals surface area contributed by atoms with Gasteiger partial charge in [0.15, 0.2) is 0 Å². The summed E-state index contributed by atoms with van der Waals surface area (Å²) in [5.41, 5.74) is 0.175. The van der Waals surface area contributed by atoms with Crippen LogP contribution in [-0.4, -0.2) is 58.3 Å². The normalized spacial score (nSPS) is 12.8. The molecule has 37 heavy (non-hydrogen) atoms. The minimum Gasteiger partial charge on any atom is -0.508 e. The summed E-state index contributed by atoms with van der Waals surface area (Å²) in [6, 6.07) is 10.4. The minimum atomic E-state index is -1.13.